The summed E-state index contributed by atoms with van der Waals surface area (Å²) in [6, 6.07) is 7.14. The molecule has 4 heteroatoms. The molecule has 0 saturated heterocycles. The van der Waals surface area contributed by atoms with Gasteiger partial charge in [0.25, 0.3) is 0 Å². The van der Waals surface area contributed by atoms with Gasteiger partial charge in [0.05, 0.1) is 6.19 Å². The first-order chi connectivity index (χ1) is 5.41. The van der Waals surface area contributed by atoms with Crippen molar-refractivity contribution in [1.82, 2.24) is 0 Å². The molecule has 1 aromatic heterocycles. The highest BCUT2D eigenvalue weighted by molar-refractivity contribution is 5.46. The van der Waals surface area contributed by atoms with Gasteiger partial charge in [-0.15, -0.1) is 6.01 Å². The zero-order chi connectivity index (χ0) is 8.36. The van der Waals surface area contributed by atoms with E-state index in [9.17, 15) is 0 Å². The van der Waals surface area contributed by atoms with Crippen LogP contribution in [0.1, 0.15) is 0 Å². The molecule has 0 aliphatic heterocycles. The zero-order valence-electron chi connectivity index (χ0n) is 5.73. The number of nitrogens with one attached hydrogen (secondary N) is 1. The minimum absolute atomic E-state index is 1.28. The first-order valence-electron chi connectivity index (χ1n) is 2.81. The van der Waals surface area contributed by atoms with Gasteiger partial charge in [-0.3, -0.25) is 0 Å². The van der Waals surface area contributed by atoms with Gasteiger partial charge in [0.1, 0.15) is 0 Å². The molecular formula is C7H6N4. The van der Waals surface area contributed by atoms with E-state index in [1.807, 2.05) is 30.6 Å². The third-order valence-corrected chi connectivity index (χ3v) is 0.707. The van der Waals surface area contributed by atoms with E-state index in [0.29, 0.717) is 0 Å². The SMILES string of the molecule is N#CN=C=[N-].c1cc[nH+]cc1. The quantitative estimate of drug-likeness (QED) is 0.392. The van der Waals surface area contributed by atoms with Crippen molar-refractivity contribution in [2.75, 3.05) is 0 Å². The monoisotopic (exact) mass is 146 g/mol. The van der Waals surface area contributed by atoms with Crippen molar-refractivity contribution in [2.24, 2.45) is 4.99 Å². The van der Waals surface area contributed by atoms with Crippen molar-refractivity contribution in [3.8, 4) is 6.19 Å². The average Bonchev–Trinajstić information content (AvgIpc) is 2.10. The number of rotatable bonds is 0. The number of aromatic amines is 1. The van der Waals surface area contributed by atoms with Crippen molar-refractivity contribution in [1.29, 1.82) is 5.26 Å². The van der Waals surface area contributed by atoms with Crippen molar-refractivity contribution in [3.05, 3.63) is 36.0 Å². The molecule has 1 N–H and O–H groups in total. The molecule has 0 atom stereocenters. The zero-order valence-corrected chi connectivity index (χ0v) is 5.73. The second-order valence-electron chi connectivity index (χ2n) is 1.39. The number of pyridine rings is 1. The van der Waals surface area contributed by atoms with Crippen LogP contribution in [-0.2, 0) is 0 Å². The van der Waals surface area contributed by atoms with Crippen LogP contribution in [0, 0.1) is 11.5 Å². The minimum atomic E-state index is 1.28. The second-order valence-corrected chi connectivity index (χ2v) is 1.39. The molecule has 11 heavy (non-hydrogen) atoms. The Morgan fingerprint density at radius 3 is 2.00 bits per heavy atom. The van der Waals surface area contributed by atoms with Crippen LogP contribution in [0.25, 0.3) is 5.41 Å². The number of hydrogen-bond donors (Lipinski definition) is 0. The fraction of sp³-hybridized carbons (Fsp3) is 0. The van der Waals surface area contributed by atoms with E-state index in [4.69, 9.17) is 10.7 Å². The van der Waals surface area contributed by atoms with E-state index in [-0.39, 0.29) is 0 Å². The standard InChI is InChI=1S/C5H5N.C2N3/c1-2-4-6-5-3-1;3-1-5-2-4/h1-5H;/q;-1/p+1. The molecule has 0 bridgehead atoms. The first kappa shape index (κ1) is 9.02. The van der Waals surface area contributed by atoms with Crippen molar-refractivity contribution in [2.45, 2.75) is 0 Å². The molecule has 0 aromatic carbocycles. The highest BCUT2D eigenvalue weighted by Gasteiger charge is 1.65. The van der Waals surface area contributed by atoms with Crippen molar-refractivity contribution >= 4 is 6.01 Å². The number of aliphatic imine (C=N–C) groups is 1. The minimum Gasteiger partial charge on any atom is -0.422 e. The van der Waals surface area contributed by atoms with Crippen molar-refractivity contribution in [3.63, 3.8) is 0 Å². The largest absolute Gasteiger partial charge is 0.422 e. The molecule has 4 nitrogen and oxygen atoms in total. The normalized spacial score (nSPS) is 6.09. The summed E-state index contributed by atoms with van der Waals surface area (Å²) < 4.78 is 0. The molecular weight excluding hydrogens is 140 g/mol. The Balaban J connectivity index is 0.000000187. The van der Waals surface area contributed by atoms with Crippen LogP contribution >= 0.6 is 0 Å². The maximum Gasteiger partial charge on any atom is 0.166 e. The lowest BCUT2D eigenvalue weighted by Crippen LogP contribution is -1.93. The summed E-state index contributed by atoms with van der Waals surface area (Å²) in [7, 11) is 0. The molecule has 0 saturated carbocycles. The summed E-state index contributed by atoms with van der Waals surface area (Å²) in [4.78, 5) is 5.48. The second kappa shape index (κ2) is 8.02. The van der Waals surface area contributed by atoms with Gasteiger partial charge in [0.15, 0.2) is 12.4 Å². The third-order valence-electron chi connectivity index (χ3n) is 0.707. The summed E-state index contributed by atoms with van der Waals surface area (Å²) in [5.74, 6) is 0. The molecule has 1 rings (SSSR count). The van der Waals surface area contributed by atoms with Gasteiger partial charge in [-0.05, 0) is 0 Å². The number of nitriles is 1. The number of aromatic nitrogens is 1. The fourth-order valence-corrected chi connectivity index (χ4v) is 0.364. The number of hydrogen-bond acceptors (Lipinski definition) is 2. The summed E-state index contributed by atoms with van der Waals surface area (Å²) >= 11 is 0. The van der Waals surface area contributed by atoms with Gasteiger partial charge >= 0.3 is 0 Å². The lowest BCUT2D eigenvalue weighted by Gasteiger charge is -1.63. The summed E-state index contributed by atoms with van der Waals surface area (Å²) in [6.45, 7) is 0. The Bertz CT molecular complexity index is 229. The number of H-pyrrole nitrogens is 1. The highest BCUT2D eigenvalue weighted by atomic mass is 14.7. The Kier molecular flexibility index (Phi) is 6.58. The molecule has 1 aromatic rings. The Hall–Kier alpha value is -1.98. The van der Waals surface area contributed by atoms with Gasteiger partial charge in [-0.2, -0.15) is 5.26 Å². The van der Waals surface area contributed by atoms with E-state index in [1.165, 1.54) is 12.2 Å². The predicted octanol–water partition coefficient (Wildman–Crippen LogP) is 0.711. The van der Waals surface area contributed by atoms with Crippen LogP contribution in [0.2, 0.25) is 0 Å². The number of nitrogens with zero attached hydrogens (tertiary/aromatic N) is 3. The molecule has 1 heterocycles. The predicted molar refractivity (Wildman–Crippen MR) is 39.4 cm³/mol. The van der Waals surface area contributed by atoms with Gasteiger partial charge in [0.2, 0.25) is 0 Å². The lowest BCUT2D eigenvalue weighted by molar-refractivity contribution is -0.377. The summed E-state index contributed by atoms with van der Waals surface area (Å²) in [5.41, 5.74) is 0. The van der Waals surface area contributed by atoms with E-state index < -0.39 is 0 Å². The first-order valence-corrected chi connectivity index (χ1v) is 2.81. The molecule has 0 radical (unpaired) electrons. The summed E-state index contributed by atoms with van der Waals surface area (Å²) in [5, 5.41) is 14.9. The maximum atomic E-state index is 7.43. The topological polar surface area (TPSA) is 72.6 Å². The van der Waals surface area contributed by atoms with Crippen LogP contribution < -0.4 is 4.98 Å². The van der Waals surface area contributed by atoms with Crippen LogP contribution in [0.15, 0.2) is 35.6 Å². The summed E-state index contributed by atoms with van der Waals surface area (Å²) in [6.07, 6.45) is 5.03. The van der Waals surface area contributed by atoms with Crippen molar-refractivity contribution < 1.29 is 4.98 Å². The average molecular weight is 146 g/mol. The van der Waals surface area contributed by atoms with E-state index in [1.54, 1.807) is 0 Å². The molecule has 0 amide bonds. The van der Waals surface area contributed by atoms with Crippen LogP contribution in [-0.4, -0.2) is 6.01 Å². The molecule has 0 spiro atoms. The van der Waals surface area contributed by atoms with E-state index in [0.717, 1.165) is 0 Å². The Morgan fingerprint density at radius 1 is 1.27 bits per heavy atom. The van der Waals surface area contributed by atoms with E-state index >= 15 is 0 Å². The van der Waals surface area contributed by atoms with Crippen LogP contribution in [0.5, 0.6) is 0 Å². The Morgan fingerprint density at radius 2 is 1.91 bits per heavy atom. The highest BCUT2D eigenvalue weighted by Crippen LogP contribution is 1.68. The smallest absolute Gasteiger partial charge is 0.166 e. The van der Waals surface area contributed by atoms with E-state index in [2.05, 4.69) is 9.98 Å². The molecule has 0 unspecified atom stereocenters. The lowest BCUT2D eigenvalue weighted by atomic mass is 10.5. The molecule has 54 valence electrons. The van der Waals surface area contributed by atoms with Gasteiger partial charge in [0, 0.05) is 12.1 Å². The molecule has 0 aliphatic carbocycles. The fourth-order valence-electron chi connectivity index (χ4n) is 0.364. The third kappa shape index (κ3) is 8.02. The van der Waals surface area contributed by atoms with Crippen LogP contribution in [0.4, 0.5) is 0 Å². The van der Waals surface area contributed by atoms with Gasteiger partial charge in [-0.25, -0.2) is 4.98 Å². The van der Waals surface area contributed by atoms with Gasteiger partial charge in [-0.1, -0.05) is 6.07 Å². The maximum absolute atomic E-state index is 7.43. The van der Waals surface area contributed by atoms with Crippen LogP contribution in [0.3, 0.4) is 0 Å². The van der Waals surface area contributed by atoms with Gasteiger partial charge < -0.3 is 10.4 Å². The molecule has 0 fully saturated rings. The molecule has 0 aliphatic rings. The Labute approximate surface area is 64.4 Å².